The number of likely N-dealkylation sites (tertiary alicyclic amines) is 1. The topological polar surface area (TPSA) is 74.0 Å². The summed E-state index contributed by atoms with van der Waals surface area (Å²) in [5.74, 6) is 1.73. The molecule has 0 saturated carbocycles. The number of rotatable bonds is 4. The summed E-state index contributed by atoms with van der Waals surface area (Å²) in [6.45, 7) is 7.03. The lowest BCUT2D eigenvalue weighted by Gasteiger charge is -2.55. The van der Waals surface area contributed by atoms with E-state index in [4.69, 9.17) is 9.90 Å². The van der Waals surface area contributed by atoms with Crippen molar-refractivity contribution in [2.45, 2.75) is 64.1 Å². The molecule has 0 amide bonds. The van der Waals surface area contributed by atoms with Gasteiger partial charge < -0.3 is 5.11 Å². The maximum atomic E-state index is 8.36. The summed E-state index contributed by atoms with van der Waals surface area (Å²) in [5.41, 5.74) is 2.33. The summed E-state index contributed by atoms with van der Waals surface area (Å²) < 4.78 is 1.85. The van der Waals surface area contributed by atoms with Gasteiger partial charge >= 0.3 is 0 Å². The van der Waals surface area contributed by atoms with Crippen LogP contribution in [-0.2, 0) is 11.3 Å². The zero-order valence-electron chi connectivity index (χ0n) is 17.4. The van der Waals surface area contributed by atoms with E-state index >= 15 is 0 Å². The van der Waals surface area contributed by atoms with Gasteiger partial charge in [-0.2, -0.15) is 5.10 Å². The molecule has 0 radical (unpaired) electrons. The molecule has 3 saturated heterocycles. The molecule has 0 spiro atoms. The van der Waals surface area contributed by atoms with Gasteiger partial charge in [-0.25, -0.2) is 9.50 Å². The summed E-state index contributed by atoms with van der Waals surface area (Å²) in [4.78, 5) is 18.3. The number of aromatic nitrogens is 3. The fourth-order valence-electron chi connectivity index (χ4n) is 6.00. The van der Waals surface area contributed by atoms with E-state index in [-0.39, 0.29) is 6.47 Å². The van der Waals surface area contributed by atoms with E-state index in [1.54, 1.807) is 6.33 Å². The summed E-state index contributed by atoms with van der Waals surface area (Å²) in [6, 6.07) is 6.11. The lowest BCUT2D eigenvalue weighted by molar-refractivity contribution is -0.122. The van der Waals surface area contributed by atoms with Crippen molar-refractivity contribution < 1.29 is 9.90 Å². The van der Waals surface area contributed by atoms with Crippen LogP contribution < -0.4 is 0 Å². The van der Waals surface area contributed by atoms with Crippen molar-refractivity contribution in [1.82, 2.24) is 24.4 Å². The van der Waals surface area contributed by atoms with Gasteiger partial charge in [0.15, 0.2) is 5.65 Å². The highest BCUT2D eigenvalue weighted by molar-refractivity contribution is 5.39. The van der Waals surface area contributed by atoms with Crippen molar-refractivity contribution >= 4 is 12.1 Å². The van der Waals surface area contributed by atoms with Gasteiger partial charge in [-0.15, -0.1) is 0 Å². The van der Waals surface area contributed by atoms with E-state index in [9.17, 15) is 0 Å². The monoisotopic (exact) mass is 399 g/mol. The summed E-state index contributed by atoms with van der Waals surface area (Å²) in [6.07, 6.45) is 12.2. The first-order valence-electron chi connectivity index (χ1n) is 11.1. The van der Waals surface area contributed by atoms with Crippen LogP contribution in [0.1, 0.15) is 51.0 Å². The largest absolute Gasteiger partial charge is 0.483 e. The van der Waals surface area contributed by atoms with Gasteiger partial charge in [0, 0.05) is 44.5 Å². The van der Waals surface area contributed by atoms with Gasteiger partial charge in [-0.1, -0.05) is 19.8 Å². The normalized spacial score (nSPS) is 29.7. The predicted molar refractivity (Wildman–Crippen MR) is 112 cm³/mol. The average Bonchev–Trinajstić information content (AvgIpc) is 3.17. The Morgan fingerprint density at radius 2 is 2.14 bits per heavy atom. The molecule has 29 heavy (non-hydrogen) atoms. The molecular formula is C22H33N5O2. The van der Waals surface area contributed by atoms with Crippen LogP contribution >= 0.6 is 0 Å². The van der Waals surface area contributed by atoms with E-state index < -0.39 is 0 Å². The zero-order valence-corrected chi connectivity index (χ0v) is 17.4. The van der Waals surface area contributed by atoms with Gasteiger partial charge in [0.1, 0.15) is 6.33 Å². The van der Waals surface area contributed by atoms with Crippen molar-refractivity contribution in [3.63, 3.8) is 0 Å². The first kappa shape index (κ1) is 20.3. The van der Waals surface area contributed by atoms with Crippen molar-refractivity contribution in [2.75, 3.05) is 19.6 Å². The summed E-state index contributed by atoms with van der Waals surface area (Å²) >= 11 is 0. The maximum Gasteiger partial charge on any atom is 0.290 e. The Morgan fingerprint density at radius 1 is 1.28 bits per heavy atom. The smallest absolute Gasteiger partial charge is 0.290 e. The minimum absolute atomic E-state index is 0.250. The van der Waals surface area contributed by atoms with Crippen LogP contribution in [0, 0.1) is 11.8 Å². The third kappa shape index (κ3) is 4.46. The van der Waals surface area contributed by atoms with Gasteiger partial charge in [0.2, 0.25) is 0 Å². The second-order valence-electron chi connectivity index (χ2n) is 8.90. The van der Waals surface area contributed by atoms with Gasteiger partial charge in [-0.3, -0.25) is 14.6 Å². The number of hydrogen-bond acceptors (Lipinski definition) is 5. The molecule has 3 fully saturated rings. The molecule has 0 unspecified atom stereocenters. The van der Waals surface area contributed by atoms with Crippen LogP contribution in [0.3, 0.4) is 0 Å². The number of carbonyl (C=O) groups is 1. The number of hydrogen-bond donors (Lipinski definition) is 1. The Kier molecular flexibility index (Phi) is 6.45. The van der Waals surface area contributed by atoms with Gasteiger partial charge in [0.25, 0.3) is 6.47 Å². The molecule has 4 atom stereocenters. The zero-order chi connectivity index (χ0) is 20.2. The van der Waals surface area contributed by atoms with Crippen molar-refractivity contribution in [2.24, 2.45) is 11.8 Å². The van der Waals surface area contributed by atoms with E-state index in [0.29, 0.717) is 0 Å². The number of nitrogens with zero attached hydrogens (tertiary/aromatic N) is 5. The molecule has 3 aliphatic rings. The first-order valence-corrected chi connectivity index (χ1v) is 11.1. The van der Waals surface area contributed by atoms with Crippen LogP contribution in [0.2, 0.25) is 0 Å². The Bertz CT molecular complexity index is 807. The van der Waals surface area contributed by atoms with Crippen LogP contribution in [0.5, 0.6) is 0 Å². The number of fused-ring (bicyclic) bond motifs is 5. The first-order chi connectivity index (χ1) is 14.2. The molecule has 2 bridgehead atoms. The van der Waals surface area contributed by atoms with Gasteiger partial charge in [-0.05, 0) is 55.2 Å². The lowest BCUT2D eigenvalue weighted by atomic mass is 9.74. The van der Waals surface area contributed by atoms with Crippen LogP contribution in [-0.4, -0.2) is 67.7 Å². The fourth-order valence-corrected chi connectivity index (χ4v) is 6.00. The fraction of sp³-hybridized carbons (Fsp3) is 0.682. The summed E-state index contributed by atoms with van der Waals surface area (Å²) in [5, 5.41) is 11.1. The molecular weight excluding hydrogens is 366 g/mol. The predicted octanol–water partition coefficient (Wildman–Crippen LogP) is 2.91. The van der Waals surface area contributed by atoms with Crippen molar-refractivity contribution in [3.8, 4) is 0 Å². The Labute approximate surface area is 172 Å². The standard InChI is InChI=1S/C21H31N5.CH2O2/c1-2-4-19-5-3-6-20-18-9-17(13-25(19)20)12-24(14-18)11-16-7-8-26-21(10-16)22-15-23-26;2-1-3/h7-8,10,15,17-20H,2-6,9,11-14H2,1H3;1H,(H,2,3)/t17-,18+,19-,20-;/m0./s1. The third-order valence-electron chi connectivity index (χ3n) is 6.96. The Hall–Kier alpha value is -1.99. The van der Waals surface area contributed by atoms with Crippen LogP contribution in [0.25, 0.3) is 5.65 Å². The highest BCUT2D eigenvalue weighted by atomic mass is 16.3. The number of piperidine rings is 3. The third-order valence-corrected chi connectivity index (χ3v) is 6.96. The van der Waals surface area contributed by atoms with Gasteiger partial charge in [0.05, 0.1) is 0 Å². The minimum atomic E-state index is -0.250. The van der Waals surface area contributed by atoms with E-state index in [2.05, 4.69) is 38.9 Å². The molecule has 2 aromatic rings. The van der Waals surface area contributed by atoms with Crippen LogP contribution in [0.15, 0.2) is 24.7 Å². The molecule has 2 aromatic heterocycles. The molecule has 1 N–H and O–H groups in total. The second kappa shape index (κ2) is 9.22. The molecule has 7 heteroatoms. The SMILES string of the molecule is CCC[C@H]1CCC[C@H]2[C@@H]3C[C@@H](CN(Cc4ccn5ncnc5c4)C3)CN12.O=CO. The molecule has 5 heterocycles. The summed E-state index contributed by atoms with van der Waals surface area (Å²) in [7, 11) is 0. The highest BCUT2D eigenvalue weighted by Crippen LogP contribution is 2.40. The lowest BCUT2D eigenvalue weighted by Crippen LogP contribution is -2.61. The van der Waals surface area contributed by atoms with Crippen molar-refractivity contribution in [1.29, 1.82) is 0 Å². The van der Waals surface area contributed by atoms with E-state index in [0.717, 1.165) is 36.1 Å². The molecule has 7 nitrogen and oxygen atoms in total. The molecule has 0 aliphatic carbocycles. The molecule has 0 aromatic carbocycles. The Morgan fingerprint density at radius 3 is 2.97 bits per heavy atom. The minimum Gasteiger partial charge on any atom is -0.483 e. The van der Waals surface area contributed by atoms with E-state index in [1.165, 1.54) is 63.7 Å². The number of pyridine rings is 1. The maximum absolute atomic E-state index is 8.36. The van der Waals surface area contributed by atoms with Crippen LogP contribution in [0.4, 0.5) is 0 Å². The quantitative estimate of drug-likeness (QED) is 0.797. The van der Waals surface area contributed by atoms with E-state index in [1.807, 2.05) is 10.7 Å². The second-order valence-corrected chi connectivity index (χ2v) is 8.90. The molecule has 3 aliphatic heterocycles. The number of carboxylic acid groups (broad SMARTS) is 1. The molecule has 5 rings (SSSR count). The highest BCUT2D eigenvalue weighted by Gasteiger charge is 2.44. The van der Waals surface area contributed by atoms with Crippen molar-refractivity contribution in [3.05, 3.63) is 30.2 Å². The average molecular weight is 400 g/mol. The Balaban J connectivity index is 0.000000645. The molecule has 158 valence electrons.